The number of hydrogen-bond donors (Lipinski definition) is 1. The van der Waals surface area contributed by atoms with E-state index in [-0.39, 0.29) is 57.5 Å². The van der Waals surface area contributed by atoms with Crippen LogP contribution in [0.25, 0.3) is 10.8 Å². The number of hydrogen-bond acceptors (Lipinski definition) is 6. The van der Waals surface area contributed by atoms with Gasteiger partial charge in [0.15, 0.2) is 25.7 Å². The predicted octanol–water partition coefficient (Wildman–Crippen LogP) is 5.03. The number of fused-ring (bicyclic) bond motifs is 2. The number of carbonyl (C=O) groups is 3. The standard InChI is InChI=1S/C27H32O6Si/c1-15(28)27(33-34(6,7)26(2,3)4)13-20-23(21(29)14-27)25(31)19-12-17-16(11-18(19)24(20)30)9-8-10-22(17)32-5/h8-12,21,29H,13-14H2,1-7H3/t21-,27-/m0/s1. The number of carbonyl (C=O) groups excluding carboxylic acids is 3. The highest BCUT2D eigenvalue weighted by atomic mass is 28.4. The molecule has 2 atom stereocenters. The minimum absolute atomic E-state index is 0.0125. The van der Waals surface area contributed by atoms with E-state index in [4.69, 9.17) is 9.16 Å². The summed E-state index contributed by atoms with van der Waals surface area (Å²) in [6.45, 7) is 11.7. The molecular formula is C27H32O6Si. The Morgan fingerprint density at radius 2 is 1.76 bits per heavy atom. The van der Waals surface area contributed by atoms with Crippen LogP contribution in [0.2, 0.25) is 18.1 Å². The smallest absolute Gasteiger partial charge is 0.193 e. The van der Waals surface area contributed by atoms with E-state index in [1.165, 1.54) is 6.92 Å². The first-order chi connectivity index (χ1) is 15.7. The molecule has 7 heteroatoms. The normalized spacial score (nSPS) is 23.1. The second kappa shape index (κ2) is 7.97. The van der Waals surface area contributed by atoms with Crippen molar-refractivity contribution >= 4 is 36.4 Å². The number of Topliss-reactive ketones (excluding diaryl/α,β-unsaturated/α-hetero) is 3. The van der Waals surface area contributed by atoms with E-state index in [0.29, 0.717) is 5.75 Å². The maximum Gasteiger partial charge on any atom is 0.193 e. The molecular weight excluding hydrogens is 448 g/mol. The summed E-state index contributed by atoms with van der Waals surface area (Å²) in [5.41, 5.74) is -0.534. The van der Waals surface area contributed by atoms with Crippen molar-refractivity contribution in [2.75, 3.05) is 7.11 Å². The maximum absolute atomic E-state index is 13.7. The summed E-state index contributed by atoms with van der Waals surface area (Å²) in [4.78, 5) is 40.2. The Morgan fingerprint density at radius 3 is 2.35 bits per heavy atom. The summed E-state index contributed by atoms with van der Waals surface area (Å²) in [5, 5.41) is 12.5. The fraction of sp³-hybridized carbons (Fsp3) is 0.444. The summed E-state index contributed by atoms with van der Waals surface area (Å²) in [7, 11) is -0.884. The van der Waals surface area contributed by atoms with Crippen molar-refractivity contribution in [3.8, 4) is 5.75 Å². The van der Waals surface area contributed by atoms with Gasteiger partial charge in [-0.1, -0.05) is 32.9 Å². The summed E-state index contributed by atoms with van der Waals surface area (Å²) in [6.07, 6.45) is -1.32. The largest absolute Gasteiger partial charge is 0.496 e. The van der Waals surface area contributed by atoms with E-state index in [9.17, 15) is 19.5 Å². The molecule has 1 N–H and O–H groups in total. The molecule has 0 saturated heterocycles. The summed E-state index contributed by atoms with van der Waals surface area (Å²) >= 11 is 0. The Balaban J connectivity index is 1.85. The highest BCUT2D eigenvalue weighted by molar-refractivity contribution is 6.74. The van der Waals surface area contributed by atoms with Gasteiger partial charge in [0.25, 0.3) is 0 Å². The van der Waals surface area contributed by atoms with Crippen molar-refractivity contribution in [3.05, 3.63) is 52.6 Å². The first-order valence-electron chi connectivity index (χ1n) is 11.5. The van der Waals surface area contributed by atoms with Crippen molar-refractivity contribution in [2.45, 2.75) is 70.4 Å². The monoisotopic (exact) mass is 480 g/mol. The molecule has 0 amide bonds. The van der Waals surface area contributed by atoms with Crippen molar-refractivity contribution in [1.29, 1.82) is 0 Å². The number of ether oxygens (including phenoxy) is 1. The Morgan fingerprint density at radius 1 is 1.12 bits per heavy atom. The van der Waals surface area contributed by atoms with Crippen LogP contribution in [-0.2, 0) is 9.22 Å². The van der Waals surface area contributed by atoms with Crippen molar-refractivity contribution in [1.82, 2.24) is 0 Å². The van der Waals surface area contributed by atoms with Crippen LogP contribution < -0.4 is 4.74 Å². The van der Waals surface area contributed by atoms with Crippen LogP contribution in [0.3, 0.4) is 0 Å². The molecule has 0 aliphatic heterocycles. The lowest BCUT2D eigenvalue weighted by Gasteiger charge is -2.48. The Bertz CT molecular complexity index is 1270. The molecule has 34 heavy (non-hydrogen) atoms. The van der Waals surface area contributed by atoms with E-state index < -0.39 is 20.0 Å². The molecule has 180 valence electrons. The van der Waals surface area contributed by atoms with Crippen LogP contribution in [0.4, 0.5) is 0 Å². The minimum atomic E-state index is -2.44. The van der Waals surface area contributed by atoms with Gasteiger partial charge in [0.1, 0.15) is 11.4 Å². The molecule has 4 rings (SSSR count). The molecule has 2 aliphatic rings. The Labute approximate surface area is 201 Å². The number of methoxy groups -OCH3 is 1. The lowest BCUT2D eigenvalue weighted by Crippen LogP contribution is -2.57. The SMILES string of the molecule is COc1cccc2cc3c(cc12)C(=O)C1=C(C[C@@](O[Si](C)(C)C(C)(C)C)(C(C)=O)C[C@@H]1O)C3=O. The predicted molar refractivity (Wildman–Crippen MR) is 133 cm³/mol. The van der Waals surface area contributed by atoms with Gasteiger partial charge >= 0.3 is 0 Å². The lowest BCUT2D eigenvalue weighted by molar-refractivity contribution is -0.136. The average molecular weight is 481 g/mol. The third kappa shape index (κ3) is 3.66. The highest BCUT2D eigenvalue weighted by Gasteiger charge is 2.53. The number of ketones is 3. The van der Waals surface area contributed by atoms with Crippen molar-refractivity contribution in [3.63, 3.8) is 0 Å². The van der Waals surface area contributed by atoms with E-state index >= 15 is 0 Å². The van der Waals surface area contributed by atoms with E-state index in [0.717, 1.165) is 10.8 Å². The molecule has 0 radical (unpaired) electrons. The zero-order chi connectivity index (χ0) is 25.2. The van der Waals surface area contributed by atoms with Crippen LogP contribution in [0.5, 0.6) is 5.75 Å². The van der Waals surface area contributed by atoms with E-state index in [2.05, 4.69) is 20.8 Å². The fourth-order valence-corrected chi connectivity index (χ4v) is 6.36. The first-order valence-corrected chi connectivity index (χ1v) is 14.5. The third-order valence-corrected chi connectivity index (χ3v) is 12.3. The first kappa shape index (κ1) is 24.5. The summed E-state index contributed by atoms with van der Waals surface area (Å²) < 4.78 is 12.0. The summed E-state index contributed by atoms with van der Waals surface area (Å²) in [5.74, 6) is -0.355. The molecule has 2 aliphatic carbocycles. The second-order valence-electron chi connectivity index (χ2n) is 10.9. The van der Waals surface area contributed by atoms with Crippen LogP contribution in [0, 0.1) is 0 Å². The maximum atomic E-state index is 13.7. The highest BCUT2D eigenvalue weighted by Crippen LogP contribution is 2.47. The fourth-order valence-electron chi connectivity index (χ4n) is 4.78. The summed E-state index contributed by atoms with van der Waals surface area (Å²) in [6, 6.07) is 8.84. The third-order valence-electron chi connectivity index (χ3n) is 7.75. The van der Waals surface area contributed by atoms with Gasteiger partial charge in [0.05, 0.1) is 13.2 Å². The van der Waals surface area contributed by atoms with Gasteiger partial charge in [0, 0.05) is 40.5 Å². The van der Waals surface area contributed by atoms with E-state index in [1.54, 1.807) is 25.3 Å². The number of aliphatic hydroxyl groups excluding tert-OH is 1. The molecule has 0 heterocycles. The molecule has 0 spiro atoms. The van der Waals surface area contributed by atoms with Crippen LogP contribution in [0.15, 0.2) is 41.5 Å². The zero-order valence-corrected chi connectivity index (χ0v) is 21.9. The van der Waals surface area contributed by atoms with E-state index in [1.807, 2.05) is 25.2 Å². The van der Waals surface area contributed by atoms with Gasteiger partial charge in [-0.05, 0) is 48.6 Å². The minimum Gasteiger partial charge on any atom is -0.496 e. The average Bonchev–Trinajstić information content (AvgIpc) is 2.74. The Hall–Kier alpha value is -2.61. The molecule has 0 bridgehead atoms. The van der Waals surface area contributed by atoms with Gasteiger partial charge < -0.3 is 14.3 Å². The van der Waals surface area contributed by atoms with Gasteiger partial charge in [0.2, 0.25) is 0 Å². The van der Waals surface area contributed by atoms with Crippen LogP contribution >= 0.6 is 0 Å². The molecule has 2 aromatic rings. The molecule has 0 unspecified atom stereocenters. The Kier molecular flexibility index (Phi) is 5.74. The van der Waals surface area contributed by atoms with Gasteiger partial charge in [-0.2, -0.15) is 0 Å². The van der Waals surface area contributed by atoms with Gasteiger partial charge in [-0.25, -0.2) is 0 Å². The molecule has 0 aromatic heterocycles. The van der Waals surface area contributed by atoms with Crippen molar-refractivity contribution < 1.29 is 28.7 Å². The second-order valence-corrected chi connectivity index (χ2v) is 15.7. The molecule has 6 nitrogen and oxygen atoms in total. The van der Waals surface area contributed by atoms with Gasteiger partial charge in [-0.15, -0.1) is 0 Å². The lowest BCUT2D eigenvalue weighted by atomic mass is 9.69. The van der Waals surface area contributed by atoms with Crippen molar-refractivity contribution in [2.24, 2.45) is 0 Å². The topological polar surface area (TPSA) is 89.9 Å². The number of aliphatic hydroxyl groups is 1. The number of benzene rings is 2. The van der Waals surface area contributed by atoms with Crippen LogP contribution in [-0.4, -0.2) is 49.6 Å². The zero-order valence-electron chi connectivity index (χ0n) is 20.9. The van der Waals surface area contributed by atoms with Crippen LogP contribution in [0.1, 0.15) is 61.3 Å². The molecule has 2 aromatic carbocycles. The quantitative estimate of drug-likeness (QED) is 0.618. The molecule has 0 saturated carbocycles. The molecule has 0 fully saturated rings. The number of rotatable bonds is 4. The van der Waals surface area contributed by atoms with Gasteiger partial charge in [-0.3, -0.25) is 14.4 Å².